The van der Waals surface area contributed by atoms with Gasteiger partial charge in [-0.2, -0.15) is 0 Å². The number of carbonyl (C=O) groups excluding carboxylic acids is 2. The third-order valence-corrected chi connectivity index (χ3v) is 5.49. The molecule has 152 valence electrons. The van der Waals surface area contributed by atoms with Gasteiger partial charge in [0.1, 0.15) is 5.75 Å². The van der Waals surface area contributed by atoms with Gasteiger partial charge in [-0.1, -0.05) is 30.3 Å². The fourth-order valence-electron chi connectivity index (χ4n) is 3.89. The molecular formula is C22H24N2O5. The number of amides is 1. The zero-order valence-corrected chi connectivity index (χ0v) is 16.3. The lowest BCUT2D eigenvalue weighted by Gasteiger charge is -2.31. The highest BCUT2D eigenvalue weighted by atomic mass is 16.5. The number of morpholine rings is 1. The highest BCUT2D eigenvalue weighted by Gasteiger charge is 2.51. The number of ketones is 1. The van der Waals surface area contributed by atoms with Crippen LogP contribution in [0.25, 0.3) is 0 Å². The molecule has 0 bridgehead atoms. The van der Waals surface area contributed by atoms with Crippen molar-refractivity contribution < 1.29 is 24.2 Å². The van der Waals surface area contributed by atoms with Gasteiger partial charge >= 0.3 is 0 Å². The molecule has 2 aromatic carbocycles. The predicted octanol–water partition coefficient (Wildman–Crippen LogP) is 1.79. The second-order valence-corrected chi connectivity index (χ2v) is 7.31. The van der Waals surface area contributed by atoms with Crippen LogP contribution in [0.1, 0.15) is 22.3 Å². The number of Topliss-reactive ketones (excluding diaryl/α,β-unsaturated/α-hetero) is 1. The first-order valence-electron chi connectivity index (χ1n) is 9.64. The topological polar surface area (TPSA) is 79.3 Å². The van der Waals surface area contributed by atoms with Crippen LogP contribution in [0.2, 0.25) is 0 Å². The van der Waals surface area contributed by atoms with Crippen molar-refractivity contribution in [2.75, 3.05) is 45.0 Å². The molecule has 1 atom stereocenters. The molecule has 0 unspecified atom stereocenters. The predicted molar refractivity (Wildman–Crippen MR) is 107 cm³/mol. The van der Waals surface area contributed by atoms with E-state index in [0.29, 0.717) is 55.5 Å². The molecule has 2 aliphatic rings. The Hall–Kier alpha value is -2.74. The van der Waals surface area contributed by atoms with E-state index in [2.05, 4.69) is 4.90 Å². The maximum absolute atomic E-state index is 13.3. The lowest BCUT2D eigenvalue weighted by molar-refractivity contribution is -0.136. The molecule has 29 heavy (non-hydrogen) atoms. The van der Waals surface area contributed by atoms with Gasteiger partial charge < -0.3 is 14.6 Å². The first kappa shape index (κ1) is 19.6. The zero-order chi connectivity index (χ0) is 20.4. The summed E-state index contributed by atoms with van der Waals surface area (Å²) < 4.78 is 10.5. The van der Waals surface area contributed by atoms with Crippen molar-refractivity contribution in [3.8, 4) is 5.75 Å². The molecule has 1 amide bonds. The van der Waals surface area contributed by atoms with Gasteiger partial charge in [0.05, 0.1) is 39.1 Å². The first-order valence-corrected chi connectivity index (χ1v) is 9.64. The summed E-state index contributed by atoms with van der Waals surface area (Å²) in [6.07, 6.45) is -0.324. The van der Waals surface area contributed by atoms with Crippen LogP contribution in [0, 0.1) is 0 Å². The molecular weight excluding hydrogens is 372 g/mol. The van der Waals surface area contributed by atoms with Crippen molar-refractivity contribution in [2.45, 2.75) is 12.0 Å². The number of para-hydroxylation sites is 1. The van der Waals surface area contributed by atoms with Gasteiger partial charge in [0.15, 0.2) is 11.4 Å². The van der Waals surface area contributed by atoms with Crippen molar-refractivity contribution in [1.29, 1.82) is 0 Å². The minimum Gasteiger partial charge on any atom is -0.497 e. The Bertz CT molecular complexity index is 925. The number of aliphatic hydroxyl groups is 1. The van der Waals surface area contributed by atoms with E-state index in [-0.39, 0.29) is 12.2 Å². The van der Waals surface area contributed by atoms with E-state index in [1.165, 1.54) is 7.11 Å². The summed E-state index contributed by atoms with van der Waals surface area (Å²) in [6, 6.07) is 13.8. The maximum atomic E-state index is 13.3. The molecule has 0 spiro atoms. The van der Waals surface area contributed by atoms with Crippen molar-refractivity contribution in [1.82, 2.24) is 4.90 Å². The van der Waals surface area contributed by atoms with Gasteiger partial charge in [-0.25, -0.2) is 0 Å². The molecule has 0 saturated carbocycles. The summed E-state index contributed by atoms with van der Waals surface area (Å²) in [6.45, 7) is 3.01. The number of methoxy groups -OCH3 is 1. The summed E-state index contributed by atoms with van der Waals surface area (Å²) in [5, 5.41) is 11.4. The van der Waals surface area contributed by atoms with Crippen LogP contribution in [0.3, 0.4) is 0 Å². The Kier molecular flexibility index (Phi) is 5.36. The normalized spacial score (nSPS) is 21.9. The molecule has 0 aliphatic carbocycles. The average molecular weight is 396 g/mol. The molecule has 0 radical (unpaired) electrons. The summed E-state index contributed by atoms with van der Waals surface area (Å²) in [5.74, 6) is -0.237. The Morgan fingerprint density at radius 3 is 2.69 bits per heavy atom. The Morgan fingerprint density at radius 2 is 1.93 bits per heavy atom. The molecule has 1 N–H and O–H groups in total. The van der Waals surface area contributed by atoms with Crippen molar-refractivity contribution in [3.63, 3.8) is 0 Å². The number of ether oxygens (including phenoxy) is 2. The fraction of sp³-hybridized carbons (Fsp3) is 0.364. The van der Waals surface area contributed by atoms with Crippen LogP contribution in [-0.2, 0) is 15.1 Å². The number of carbonyl (C=O) groups is 2. The van der Waals surface area contributed by atoms with Crippen molar-refractivity contribution in [2.24, 2.45) is 0 Å². The fourth-order valence-corrected chi connectivity index (χ4v) is 3.89. The number of hydrogen-bond acceptors (Lipinski definition) is 6. The first-order chi connectivity index (χ1) is 14.0. The standard InChI is InChI=1S/C22H24N2O5/c1-28-17-6-4-5-16(13-17)20(25)14-22(27)18-7-2-3-8-19(18)24(21(22)26)15-23-9-11-29-12-10-23/h2-8,13,27H,9-12,14-15H2,1H3/t22-/m1/s1. The lowest BCUT2D eigenvalue weighted by Crippen LogP contribution is -2.49. The van der Waals surface area contributed by atoms with Crippen molar-refractivity contribution in [3.05, 3.63) is 59.7 Å². The molecule has 1 saturated heterocycles. The third kappa shape index (κ3) is 3.64. The SMILES string of the molecule is COc1cccc(C(=O)C[C@]2(O)C(=O)N(CN3CCOCC3)c3ccccc32)c1. The largest absolute Gasteiger partial charge is 0.497 e. The van der Waals surface area contributed by atoms with E-state index >= 15 is 0 Å². The number of rotatable bonds is 6. The second-order valence-electron chi connectivity index (χ2n) is 7.31. The number of anilines is 1. The van der Waals surface area contributed by atoms with Gasteiger partial charge in [0, 0.05) is 24.2 Å². The van der Waals surface area contributed by atoms with Crippen LogP contribution < -0.4 is 9.64 Å². The van der Waals surface area contributed by atoms with Gasteiger partial charge in [0.2, 0.25) is 0 Å². The molecule has 1 fully saturated rings. The van der Waals surface area contributed by atoms with Gasteiger partial charge in [0.25, 0.3) is 5.91 Å². The Balaban J connectivity index is 1.61. The number of hydrogen-bond donors (Lipinski definition) is 1. The van der Waals surface area contributed by atoms with Gasteiger partial charge in [-0.05, 0) is 18.2 Å². The van der Waals surface area contributed by atoms with Crippen LogP contribution in [0.4, 0.5) is 5.69 Å². The van der Waals surface area contributed by atoms with E-state index < -0.39 is 11.5 Å². The molecule has 2 aromatic rings. The van der Waals surface area contributed by atoms with Gasteiger partial charge in [-0.3, -0.25) is 19.4 Å². The van der Waals surface area contributed by atoms with E-state index in [0.717, 1.165) is 0 Å². The highest BCUT2D eigenvalue weighted by molar-refractivity contribution is 6.10. The van der Waals surface area contributed by atoms with E-state index in [1.54, 1.807) is 41.3 Å². The monoisotopic (exact) mass is 396 g/mol. The Morgan fingerprint density at radius 1 is 1.17 bits per heavy atom. The van der Waals surface area contributed by atoms with E-state index in [1.807, 2.05) is 12.1 Å². The molecule has 0 aromatic heterocycles. The van der Waals surface area contributed by atoms with Crippen LogP contribution in [0.5, 0.6) is 5.75 Å². The van der Waals surface area contributed by atoms with E-state index in [4.69, 9.17) is 9.47 Å². The molecule has 7 nitrogen and oxygen atoms in total. The summed E-state index contributed by atoms with van der Waals surface area (Å²) in [4.78, 5) is 29.9. The smallest absolute Gasteiger partial charge is 0.265 e. The van der Waals surface area contributed by atoms with Crippen molar-refractivity contribution >= 4 is 17.4 Å². The quantitative estimate of drug-likeness (QED) is 0.750. The van der Waals surface area contributed by atoms with Crippen LogP contribution in [0.15, 0.2) is 48.5 Å². The summed E-state index contributed by atoms with van der Waals surface area (Å²) in [7, 11) is 1.53. The molecule has 4 rings (SSSR count). The number of benzene rings is 2. The molecule has 2 heterocycles. The average Bonchev–Trinajstić information content (AvgIpc) is 2.96. The molecule has 7 heteroatoms. The number of fused-ring (bicyclic) bond motifs is 1. The van der Waals surface area contributed by atoms with Crippen LogP contribution >= 0.6 is 0 Å². The maximum Gasteiger partial charge on any atom is 0.265 e. The third-order valence-electron chi connectivity index (χ3n) is 5.49. The zero-order valence-electron chi connectivity index (χ0n) is 16.3. The minimum absolute atomic E-state index is 0.317. The minimum atomic E-state index is -1.89. The lowest BCUT2D eigenvalue weighted by atomic mass is 9.88. The van der Waals surface area contributed by atoms with Gasteiger partial charge in [-0.15, -0.1) is 0 Å². The molecule has 2 aliphatic heterocycles. The second kappa shape index (κ2) is 7.94. The number of nitrogens with zero attached hydrogens (tertiary/aromatic N) is 2. The Labute approximate surface area is 169 Å². The highest BCUT2D eigenvalue weighted by Crippen LogP contribution is 2.43. The van der Waals surface area contributed by atoms with Crippen LogP contribution in [-0.4, -0.2) is 61.8 Å². The summed E-state index contributed by atoms with van der Waals surface area (Å²) in [5.41, 5.74) is -0.377. The van der Waals surface area contributed by atoms with E-state index in [9.17, 15) is 14.7 Å². The summed E-state index contributed by atoms with van der Waals surface area (Å²) >= 11 is 0.